The molecule has 120 valence electrons. The highest BCUT2D eigenvalue weighted by Crippen LogP contribution is 2.30. The first-order chi connectivity index (χ1) is 11.3. The van der Waals surface area contributed by atoms with Gasteiger partial charge in [-0.2, -0.15) is 0 Å². The van der Waals surface area contributed by atoms with Crippen molar-refractivity contribution >= 4 is 5.91 Å². The average Bonchev–Trinajstić information content (AvgIpc) is 2.61. The zero-order valence-corrected chi connectivity index (χ0v) is 12.7. The van der Waals surface area contributed by atoms with Crippen LogP contribution in [0.15, 0.2) is 54.6 Å². The largest absolute Gasteiger partial charge is 0.485 e. The summed E-state index contributed by atoms with van der Waals surface area (Å²) in [5.41, 5.74) is 1.11. The van der Waals surface area contributed by atoms with Crippen molar-refractivity contribution in [1.82, 2.24) is 5.32 Å². The highest BCUT2D eigenvalue weighted by atomic mass is 16.6. The number of carbonyl (C=O) groups is 1. The number of amides is 1. The van der Waals surface area contributed by atoms with Crippen molar-refractivity contribution < 1.29 is 19.0 Å². The molecular weight excluding hydrogens is 294 g/mol. The van der Waals surface area contributed by atoms with Crippen LogP contribution in [-0.2, 0) is 16.1 Å². The maximum absolute atomic E-state index is 12.1. The molecule has 0 bridgehead atoms. The summed E-state index contributed by atoms with van der Waals surface area (Å²) in [7, 11) is 0. The molecule has 0 saturated carbocycles. The lowest BCUT2D eigenvalue weighted by atomic mass is 10.2. The maximum Gasteiger partial charge on any atom is 0.264 e. The van der Waals surface area contributed by atoms with Crippen LogP contribution >= 0.6 is 0 Å². The lowest BCUT2D eigenvalue weighted by Crippen LogP contribution is -2.44. The van der Waals surface area contributed by atoms with Crippen LogP contribution in [0.1, 0.15) is 5.56 Å². The van der Waals surface area contributed by atoms with Crippen molar-refractivity contribution in [3.05, 3.63) is 60.2 Å². The van der Waals surface area contributed by atoms with Gasteiger partial charge in [-0.05, 0) is 17.7 Å². The van der Waals surface area contributed by atoms with Crippen molar-refractivity contribution in [2.75, 3.05) is 19.8 Å². The van der Waals surface area contributed by atoms with Crippen molar-refractivity contribution in [2.45, 2.75) is 12.7 Å². The molecule has 1 aliphatic rings. The predicted octanol–water partition coefficient (Wildman–Crippen LogP) is 2.16. The van der Waals surface area contributed by atoms with Gasteiger partial charge in [0.2, 0.25) is 6.10 Å². The van der Waals surface area contributed by atoms with Gasteiger partial charge in [0.1, 0.15) is 6.61 Å². The van der Waals surface area contributed by atoms with E-state index in [1.54, 1.807) is 6.07 Å². The average molecular weight is 313 g/mol. The second-order valence-corrected chi connectivity index (χ2v) is 5.19. The van der Waals surface area contributed by atoms with Gasteiger partial charge in [-0.3, -0.25) is 4.79 Å². The van der Waals surface area contributed by atoms with Gasteiger partial charge in [0.25, 0.3) is 5.91 Å². The van der Waals surface area contributed by atoms with Crippen LogP contribution in [0.25, 0.3) is 0 Å². The molecule has 1 atom stereocenters. The lowest BCUT2D eigenvalue weighted by molar-refractivity contribution is -0.130. The zero-order chi connectivity index (χ0) is 15.9. The fraction of sp³-hybridized carbons (Fsp3) is 0.278. The third-order valence-electron chi connectivity index (χ3n) is 3.46. The van der Waals surface area contributed by atoms with E-state index in [-0.39, 0.29) is 12.5 Å². The molecule has 3 rings (SSSR count). The van der Waals surface area contributed by atoms with Gasteiger partial charge in [-0.15, -0.1) is 0 Å². The molecule has 5 nitrogen and oxygen atoms in total. The first-order valence-corrected chi connectivity index (χ1v) is 7.61. The standard InChI is InChI=1S/C18H19NO4/c20-18(17-13-22-15-8-4-5-9-16(15)23-17)19-10-11-21-12-14-6-2-1-3-7-14/h1-9,17H,10-13H2,(H,19,20)/t17-/m1/s1. The van der Waals surface area contributed by atoms with Crippen molar-refractivity contribution in [3.8, 4) is 11.5 Å². The van der Waals surface area contributed by atoms with Gasteiger partial charge in [-0.25, -0.2) is 0 Å². The van der Waals surface area contributed by atoms with E-state index >= 15 is 0 Å². The second kappa shape index (κ2) is 7.65. The van der Waals surface area contributed by atoms with Gasteiger partial charge in [0, 0.05) is 6.54 Å². The van der Waals surface area contributed by atoms with Gasteiger partial charge in [0.05, 0.1) is 13.2 Å². The van der Waals surface area contributed by atoms with Crippen molar-refractivity contribution in [2.24, 2.45) is 0 Å². The highest BCUT2D eigenvalue weighted by Gasteiger charge is 2.26. The Morgan fingerprint density at radius 1 is 1.09 bits per heavy atom. The monoisotopic (exact) mass is 313 g/mol. The summed E-state index contributed by atoms with van der Waals surface area (Å²) in [6, 6.07) is 17.2. The number of para-hydroxylation sites is 2. The van der Waals surface area contributed by atoms with Crippen LogP contribution in [-0.4, -0.2) is 31.8 Å². The van der Waals surface area contributed by atoms with E-state index in [0.717, 1.165) is 5.56 Å². The number of carbonyl (C=O) groups excluding carboxylic acids is 1. The number of hydrogen-bond donors (Lipinski definition) is 1. The quantitative estimate of drug-likeness (QED) is 0.830. The molecule has 0 fully saturated rings. The van der Waals surface area contributed by atoms with E-state index in [1.807, 2.05) is 48.5 Å². The molecule has 23 heavy (non-hydrogen) atoms. The number of rotatable bonds is 6. The Kier molecular flexibility index (Phi) is 5.11. The first kappa shape index (κ1) is 15.4. The Labute approximate surface area is 135 Å². The summed E-state index contributed by atoms with van der Waals surface area (Å²) in [6.45, 7) is 1.64. The van der Waals surface area contributed by atoms with Crippen LogP contribution in [0.5, 0.6) is 11.5 Å². The smallest absolute Gasteiger partial charge is 0.264 e. The topological polar surface area (TPSA) is 56.8 Å². The van der Waals surface area contributed by atoms with Crippen molar-refractivity contribution in [3.63, 3.8) is 0 Å². The van der Waals surface area contributed by atoms with Gasteiger partial charge in [0.15, 0.2) is 11.5 Å². The Hall–Kier alpha value is -2.53. The van der Waals surface area contributed by atoms with Gasteiger partial charge in [-0.1, -0.05) is 42.5 Å². The normalized spacial score (nSPS) is 15.9. The van der Waals surface area contributed by atoms with Crippen molar-refractivity contribution in [1.29, 1.82) is 0 Å². The van der Waals surface area contributed by atoms with Gasteiger partial charge < -0.3 is 19.5 Å². The number of ether oxygens (including phenoxy) is 3. The lowest BCUT2D eigenvalue weighted by Gasteiger charge is -2.25. The Bertz CT molecular complexity index is 644. The Morgan fingerprint density at radius 2 is 1.83 bits per heavy atom. The predicted molar refractivity (Wildman–Crippen MR) is 85.5 cm³/mol. The fourth-order valence-electron chi connectivity index (χ4n) is 2.27. The molecule has 5 heteroatoms. The van der Waals surface area contributed by atoms with E-state index in [9.17, 15) is 4.79 Å². The Morgan fingerprint density at radius 3 is 2.65 bits per heavy atom. The van der Waals surface area contributed by atoms with Crippen LogP contribution < -0.4 is 14.8 Å². The molecule has 2 aromatic carbocycles. The number of fused-ring (bicyclic) bond motifs is 1. The first-order valence-electron chi connectivity index (χ1n) is 7.61. The second-order valence-electron chi connectivity index (χ2n) is 5.19. The molecule has 0 radical (unpaired) electrons. The van der Waals surface area contributed by atoms with Crippen LogP contribution in [0, 0.1) is 0 Å². The zero-order valence-electron chi connectivity index (χ0n) is 12.7. The minimum atomic E-state index is -0.626. The minimum Gasteiger partial charge on any atom is -0.485 e. The molecule has 2 aromatic rings. The van der Waals surface area contributed by atoms with Crippen LogP contribution in [0.4, 0.5) is 0 Å². The third-order valence-corrected chi connectivity index (χ3v) is 3.46. The van der Waals surface area contributed by atoms with Crippen LogP contribution in [0.2, 0.25) is 0 Å². The number of benzene rings is 2. The Balaban J connectivity index is 1.37. The molecular formula is C18H19NO4. The summed E-state index contributed by atoms with van der Waals surface area (Å²) >= 11 is 0. The SMILES string of the molecule is O=C(NCCOCc1ccccc1)[C@H]1COc2ccccc2O1. The number of hydrogen-bond acceptors (Lipinski definition) is 4. The minimum absolute atomic E-state index is 0.192. The van der Waals surface area contributed by atoms with Crippen LogP contribution in [0.3, 0.4) is 0 Å². The number of nitrogens with one attached hydrogen (secondary N) is 1. The molecule has 1 amide bonds. The third kappa shape index (κ3) is 4.23. The summed E-state index contributed by atoms with van der Waals surface area (Å²) in [6.07, 6.45) is -0.626. The van der Waals surface area contributed by atoms with E-state index < -0.39 is 6.10 Å². The van der Waals surface area contributed by atoms with Gasteiger partial charge >= 0.3 is 0 Å². The summed E-state index contributed by atoms with van der Waals surface area (Å²) < 4.78 is 16.7. The molecule has 0 aliphatic carbocycles. The molecule has 0 aromatic heterocycles. The van der Waals surface area contributed by atoms with E-state index in [1.165, 1.54) is 0 Å². The molecule has 1 N–H and O–H groups in total. The summed E-state index contributed by atoms with van der Waals surface area (Å²) in [4.78, 5) is 12.1. The maximum atomic E-state index is 12.1. The highest BCUT2D eigenvalue weighted by molar-refractivity contribution is 5.81. The van der Waals surface area contributed by atoms with E-state index in [4.69, 9.17) is 14.2 Å². The molecule has 0 saturated heterocycles. The molecule has 1 heterocycles. The summed E-state index contributed by atoms with van der Waals surface area (Å²) in [5.74, 6) is 1.07. The molecule has 1 aliphatic heterocycles. The van der Waals surface area contributed by atoms with E-state index in [0.29, 0.717) is 31.3 Å². The molecule has 0 unspecified atom stereocenters. The fourth-order valence-corrected chi connectivity index (χ4v) is 2.27. The molecule has 0 spiro atoms. The van der Waals surface area contributed by atoms with E-state index in [2.05, 4.69) is 5.32 Å². The summed E-state index contributed by atoms with van der Waals surface area (Å²) in [5, 5.41) is 2.80.